The van der Waals surface area contributed by atoms with Gasteiger partial charge in [-0.15, -0.1) is 0 Å². The molecular formula is C15H29N5O. The van der Waals surface area contributed by atoms with Crippen LogP contribution in [0.5, 0.6) is 0 Å². The molecule has 0 amide bonds. The fraction of sp³-hybridized carbons (Fsp3) is 0.800. The Bertz CT molecular complexity index is 439. The number of guanidine groups is 1. The molecule has 0 saturated heterocycles. The molecule has 1 heterocycles. The van der Waals surface area contributed by atoms with Gasteiger partial charge in [0, 0.05) is 24.9 Å². The molecule has 0 aliphatic rings. The molecule has 6 nitrogen and oxygen atoms in total. The molecule has 1 aromatic heterocycles. The number of rotatable bonds is 7. The van der Waals surface area contributed by atoms with Crippen LogP contribution in [-0.2, 0) is 6.42 Å². The molecular weight excluding hydrogens is 266 g/mol. The lowest BCUT2D eigenvalue weighted by Gasteiger charge is -2.20. The highest BCUT2D eigenvalue weighted by atomic mass is 16.5. The Morgan fingerprint density at radius 1 is 1.24 bits per heavy atom. The Labute approximate surface area is 127 Å². The lowest BCUT2D eigenvalue weighted by atomic mass is 10.1. The molecule has 0 bridgehead atoms. The topological polar surface area (TPSA) is 75.3 Å². The minimum atomic E-state index is 0.289. The Morgan fingerprint density at radius 2 is 1.95 bits per heavy atom. The largest absolute Gasteiger partial charge is 0.357 e. The SMILES string of the molecule is CCNC(=NCCc1nc(C(C)C)no1)NC(C)C(C)C. The van der Waals surface area contributed by atoms with Crippen LogP contribution >= 0.6 is 0 Å². The first-order valence-electron chi connectivity index (χ1n) is 7.81. The fourth-order valence-corrected chi connectivity index (χ4v) is 1.57. The average molecular weight is 295 g/mol. The van der Waals surface area contributed by atoms with E-state index in [9.17, 15) is 0 Å². The summed E-state index contributed by atoms with van der Waals surface area (Å²) in [5.74, 6) is 3.08. The molecule has 21 heavy (non-hydrogen) atoms. The van der Waals surface area contributed by atoms with E-state index < -0.39 is 0 Å². The lowest BCUT2D eigenvalue weighted by Crippen LogP contribution is -2.44. The summed E-state index contributed by atoms with van der Waals surface area (Å²) in [5.41, 5.74) is 0. The predicted octanol–water partition coefficient (Wildman–Crippen LogP) is 2.34. The van der Waals surface area contributed by atoms with E-state index in [1.165, 1.54) is 0 Å². The van der Waals surface area contributed by atoms with Gasteiger partial charge in [0.15, 0.2) is 11.8 Å². The highest BCUT2D eigenvalue weighted by molar-refractivity contribution is 5.80. The van der Waals surface area contributed by atoms with Crippen LogP contribution in [0.25, 0.3) is 0 Å². The van der Waals surface area contributed by atoms with E-state index in [1.54, 1.807) is 0 Å². The smallest absolute Gasteiger partial charge is 0.228 e. The zero-order valence-electron chi connectivity index (χ0n) is 14.1. The summed E-state index contributed by atoms with van der Waals surface area (Å²) >= 11 is 0. The Kier molecular flexibility index (Phi) is 7.19. The number of hydrogen-bond acceptors (Lipinski definition) is 4. The highest BCUT2D eigenvalue weighted by Gasteiger charge is 2.10. The van der Waals surface area contributed by atoms with Gasteiger partial charge in [-0.05, 0) is 19.8 Å². The van der Waals surface area contributed by atoms with E-state index >= 15 is 0 Å². The summed E-state index contributed by atoms with van der Waals surface area (Å²) in [6, 6.07) is 0.374. The Morgan fingerprint density at radius 3 is 2.48 bits per heavy atom. The third-order valence-electron chi connectivity index (χ3n) is 3.30. The molecule has 1 unspecified atom stereocenters. The number of aliphatic imine (C=N–C) groups is 1. The van der Waals surface area contributed by atoms with Crippen molar-refractivity contribution in [2.24, 2.45) is 10.9 Å². The minimum Gasteiger partial charge on any atom is -0.357 e. The van der Waals surface area contributed by atoms with Gasteiger partial charge >= 0.3 is 0 Å². The Balaban J connectivity index is 2.53. The van der Waals surface area contributed by atoms with Crippen LogP contribution in [-0.4, -0.2) is 35.2 Å². The zero-order valence-corrected chi connectivity index (χ0v) is 14.1. The average Bonchev–Trinajstić information content (AvgIpc) is 2.87. The van der Waals surface area contributed by atoms with Crippen molar-refractivity contribution >= 4 is 5.96 Å². The summed E-state index contributed by atoms with van der Waals surface area (Å²) < 4.78 is 5.22. The fourth-order valence-electron chi connectivity index (χ4n) is 1.57. The first kappa shape index (κ1) is 17.5. The second-order valence-electron chi connectivity index (χ2n) is 5.89. The van der Waals surface area contributed by atoms with Crippen molar-refractivity contribution < 1.29 is 4.52 Å². The van der Waals surface area contributed by atoms with Gasteiger partial charge in [-0.2, -0.15) is 4.98 Å². The summed E-state index contributed by atoms with van der Waals surface area (Å²) in [4.78, 5) is 8.91. The van der Waals surface area contributed by atoms with Crippen LogP contribution in [0.3, 0.4) is 0 Å². The van der Waals surface area contributed by atoms with Gasteiger partial charge in [-0.1, -0.05) is 32.9 Å². The lowest BCUT2D eigenvalue weighted by molar-refractivity contribution is 0.372. The monoisotopic (exact) mass is 295 g/mol. The van der Waals surface area contributed by atoms with Gasteiger partial charge in [-0.25, -0.2) is 0 Å². The molecule has 0 aliphatic carbocycles. The molecule has 0 spiro atoms. The minimum absolute atomic E-state index is 0.289. The van der Waals surface area contributed by atoms with E-state index in [-0.39, 0.29) is 5.92 Å². The first-order valence-corrected chi connectivity index (χ1v) is 7.81. The van der Waals surface area contributed by atoms with Crippen molar-refractivity contribution in [3.8, 4) is 0 Å². The van der Waals surface area contributed by atoms with Crippen molar-refractivity contribution in [1.29, 1.82) is 0 Å². The van der Waals surface area contributed by atoms with Gasteiger partial charge in [0.25, 0.3) is 0 Å². The molecule has 1 aromatic rings. The highest BCUT2D eigenvalue weighted by Crippen LogP contribution is 2.09. The van der Waals surface area contributed by atoms with Crippen LogP contribution in [0, 0.1) is 5.92 Å². The molecule has 0 saturated carbocycles. The molecule has 6 heteroatoms. The molecule has 0 aliphatic heterocycles. The van der Waals surface area contributed by atoms with Gasteiger partial charge in [-0.3, -0.25) is 4.99 Å². The molecule has 0 radical (unpaired) electrons. The number of nitrogens with zero attached hydrogens (tertiary/aromatic N) is 3. The zero-order chi connectivity index (χ0) is 15.8. The van der Waals surface area contributed by atoms with Crippen molar-refractivity contribution in [2.45, 2.75) is 59.9 Å². The van der Waals surface area contributed by atoms with Gasteiger partial charge in [0.2, 0.25) is 5.89 Å². The number of nitrogens with one attached hydrogen (secondary N) is 2. The van der Waals surface area contributed by atoms with E-state index in [2.05, 4.69) is 53.5 Å². The normalized spacial score (nSPS) is 13.8. The van der Waals surface area contributed by atoms with Crippen molar-refractivity contribution in [3.63, 3.8) is 0 Å². The quantitative estimate of drug-likeness (QED) is 0.596. The van der Waals surface area contributed by atoms with Crippen LogP contribution in [0.1, 0.15) is 59.2 Å². The molecule has 1 atom stereocenters. The van der Waals surface area contributed by atoms with Crippen LogP contribution < -0.4 is 10.6 Å². The first-order chi connectivity index (χ1) is 9.93. The van der Waals surface area contributed by atoms with Crippen molar-refractivity contribution in [2.75, 3.05) is 13.1 Å². The number of aromatic nitrogens is 2. The van der Waals surface area contributed by atoms with E-state index in [0.717, 1.165) is 18.3 Å². The summed E-state index contributed by atoms with van der Waals surface area (Å²) in [6.45, 7) is 14.2. The standard InChI is InChI=1S/C15H29N5O/c1-7-16-15(18-12(6)10(2)3)17-9-8-13-19-14(11(4)5)20-21-13/h10-12H,7-9H2,1-6H3,(H2,16,17,18). The molecule has 0 aromatic carbocycles. The predicted molar refractivity (Wildman–Crippen MR) is 85.5 cm³/mol. The molecule has 2 N–H and O–H groups in total. The van der Waals surface area contributed by atoms with Gasteiger partial charge in [0.05, 0.1) is 6.54 Å². The van der Waals surface area contributed by atoms with E-state index in [1.807, 2.05) is 13.8 Å². The maximum absolute atomic E-state index is 5.22. The van der Waals surface area contributed by atoms with Gasteiger partial charge in [0.1, 0.15) is 0 Å². The Hall–Kier alpha value is -1.59. The van der Waals surface area contributed by atoms with Crippen LogP contribution in [0.2, 0.25) is 0 Å². The van der Waals surface area contributed by atoms with Crippen molar-refractivity contribution in [1.82, 2.24) is 20.8 Å². The van der Waals surface area contributed by atoms with Crippen molar-refractivity contribution in [3.05, 3.63) is 11.7 Å². The second-order valence-corrected chi connectivity index (χ2v) is 5.89. The van der Waals surface area contributed by atoms with E-state index in [0.29, 0.717) is 30.8 Å². The number of hydrogen-bond donors (Lipinski definition) is 2. The summed E-state index contributed by atoms with van der Waals surface area (Å²) in [7, 11) is 0. The maximum atomic E-state index is 5.22. The van der Waals surface area contributed by atoms with Crippen LogP contribution in [0.15, 0.2) is 9.52 Å². The van der Waals surface area contributed by atoms with Gasteiger partial charge < -0.3 is 15.2 Å². The van der Waals surface area contributed by atoms with Crippen LogP contribution in [0.4, 0.5) is 0 Å². The molecule has 1 rings (SSSR count). The third kappa shape index (κ3) is 6.14. The van der Waals surface area contributed by atoms with E-state index in [4.69, 9.17) is 4.52 Å². The molecule has 120 valence electrons. The summed E-state index contributed by atoms with van der Waals surface area (Å²) in [6.07, 6.45) is 0.659. The maximum Gasteiger partial charge on any atom is 0.228 e. The summed E-state index contributed by atoms with van der Waals surface area (Å²) in [5, 5.41) is 10.6. The molecule has 0 fully saturated rings. The third-order valence-corrected chi connectivity index (χ3v) is 3.30. The second kappa shape index (κ2) is 8.64.